The zero-order chi connectivity index (χ0) is 15.5. The normalized spacial score (nSPS) is 14.0. The molecule has 0 amide bonds. The second-order valence-electron chi connectivity index (χ2n) is 5.18. The molecule has 1 aliphatic rings. The summed E-state index contributed by atoms with van der Waals surface area (Å²) in [6.45, 7) is 0.278. The molecule has 7 heteroatoms. The molecule has 2 aromatic rings. The van der Waals surface area contributed by atoms with Crippen LogP contribution in [0.15, 0.2) is 24.3 Å². The van der Waals surface area contributed by atoms with E-state index in [1.807, 2.05) is 0 Å². The van der Waals surface area contributed by atoms with E-state index in [2.05, 4.69) is 20.6 Å². The van der Waals surface area contributed by atoms with Gasteiger partial charge in [0.25, 0.3) is 0 Å². The van der Waals surface area contributed by atoms with E-state index in [-0.39, 0.29) is 12.3 Å². The van der Waals surface area contributed by atoms with Gasteiger partial charge in [-0.3, -0.25) is 0 Å². The number of hydrogen-bond donors (Lipinski definition) is 3. The molecule has 1 aromatic carbocycles. The van der Waals surface area contributed by atoms with Crippen molar-refractivity contribution in [2.24, 2.45) is 0 Å². The molecule has 0 bridgehead atoms. The molecule has 5 nitrogen and oxygen atoms in total. The van der Waals surface area contributed by atoms with Crippen LogP contribution in [0.5, 0.6) is 0 Å². The van der Waals surface area contributed by atoms with E-state index >= 15 is 0 Å². The Bertz CT molecular complexity index is 677. The molecule has 1 fully saturated rings. The minimum atomic E-state index is -0.558. The Morgan fingerprint density at radius 3 is 2.73 bits per heavy atom. The molecule has 1 heterocycles. The van der Waals surface area contributed by atoms with Crippen LogP contribution in [0.4, 0.5) is 26.2 Å². The van der Waals surface area contributed by atoms with Gasteiger partial charge >= 0.3 is 0 Å². The van der Waals surface area contributed by atoms with E-state index in [4.69, 9.17) is 5.11 Å². The summed E-state index contributed by atoms with van der Waals surface area (Å²) in [4.78, 5) is 8.59. The van der Waals surface area contributed by atoms with Gasteiger partial charge in [-0.1, -0.05) is 0 Å². The van der Waals surface area contributed by atoms with Gasteiger partial charge in [0.2, 0.25) is 5.95 Å². The topological polar surface area (TPSA) is 70.1 Å². The van der Waals surface area contributed by atoms with Gasteiger partial charge in [-0.15, -0.1) is 0 Å². The highest BCUT2D eigenvalue weighted by Gasteiger charge is 2.26. The summed E-state index contributed by atoms with van der Waals surface area (Å²) >= 11 is 0. The molecule has 0 atom stereocenters. The Morgan fingerprint density at radius 1 is 1.18 bits per heavy atom. The molecule has 0 saturated heterocycles. The average Bonchev–Trinajstić information content (AvgIpc) is 3.33. The zero-order valence-electron chi connectivity index (χ0n) is 11.8. The number of aromatic nitrogens is 2. The van der Waals surface area contributed by atoms with Crippen LogP contribution in [-0.4, -0.2) is 28.2 Å². The van der Waals surface area contributed by atoms with Gasteiger partial charge in [-0.25, -0.2) is 13.8 Å². The molecule has 0 radical (unpaired) electrons. The van der Waals surface area contributed by atoms with Gasteiger partial charge in [0.1, 0.15) is 17.5 Å². The molecule has 0 aliphatic heterocycles. The Labute approximate surface area is 126 Å². The van der Waals surface area contributed by atoms with Crippen molar-refractivity contribution >= 4 is 17.5 Å². The molecule has 3 N–H and O–H groups in total. The maximum Gasteiger partial charge on any atom is 0.224 e. The average molecular weight is 306 g/mol. The second-order valence-corrected chi connectivity index (χ2v) is 5.18. The van der Waals surface area contributed by atoms with Crippen LogP contribution in [0, 0.1) is 11.6 Å². The van der Waals surface area contributed by atoms with Crippen molar-refractivity contribution in [3.05, 3.63) is 41.6 Å². The molecular weight excluding hydrogens is 290 g/mol. The first-order valence-electron chi connectivity index (χ1n) is 7.11. The fraction of sp³-hybridized carbons (Fsp3) is 0.333. The smallest absolute Gasteiger partial charge is 0.224 e. The van der Waals surface area contributed by atoms with Gasteiger partial charge in [0.05, 0.1) is 18.0 Å². The standard InChI is InChI=1S/C15H16F2N4O/c16-10-3-4-11(17)13(7-10)19-14-8-12(9-1-2-9)20-15(21-14)18-5-6-22/h3-4,7-9,22H,1-2,5-6H2,(H2,18,19,20,21). The highest BCUT2D eigenvalue weighted by Crippen LogP contribution is 2.40. The quantitative estimate of drug-likeness (QED) is 0.765. The molecule has 3 rings (SSSR count). The Morgan fingerprint density at radius 2 is 2.00 bits per heavy atom. The summed E-state index contributed by atoms with van der Waals surface area (Å²) in [6.07, 6.45) is 2.12. The summed E-state index contributed by atoms with van der Waals surface area (Å²) in [5, 5.41) is 14.5. The van der Waals surface area contributed by atoms with Crippen LogP contribution >= 0.6 is 0 Å². The maximum absolute atomic E-state index is 13.7. The Balaban J connectivity index is 1.88. The number of halogens is 2. The summed E-state index contributed by atoms with van der Waals surface area (Å²) in [6, 6.07) is 4.94. The first-order valence-corrected chi connectivity index (χ1v) is 7.11. The number of nitrogens with zero attached hydrogens (tertiary/aromatic N) is 2. The summed E-state index contributed by atoms with van der Waals surface area (Å²) in [7, 11) is 0. The lowest BCUT2D eigenvalue weighted by Gasteiger charge is -2.11. The van der Waals surface area contributed by atoms with Crippen molar-refractivity contribution in [1.29, 1.82) is 0 Å². The van der Waals surface area contributed by atoms with Gasteiger partial charge < -0.3 is 15.7 Å². The summed E-state index contributed by atoms with van der Waals surface area (Å²) in [5.41, 5.74) is 0.878. The highest BCUT2D eigenvalue weighted by molar-refractivity contribution is 5.58. The van der Waals surface area contributed by atoms with Gasteiger partial charge in [-0.05, 0) is 25.0 Å². The van der Waals surface area contributed by atoms with E-state index < -0.39 is 11.6 Å². The van der Waals surface area contributed by atoms with Crippen LogP contribution in [0.25, 0.3) is 0 Å². The summed E-state index contributed by atoms with van der Waals surface area (Å²) < 4.78 is 26.9. The number of aliphatic hydroxyl groups is 1. The van der Waals surface area contributed by atoms with Crippen molar-refractivity contribution in [3.63, 3.8) is 0 Å². The second kappa shape index (κ2) is 6.23. The van der Waals surface area contributed by atoms with Crippen molar-refractivity contribution < 1.29 is 13.9 Å². The number of benzene rings is 1. The third kappa shape index (κ3) is 3.48. The molecule has 1 aromatic heterocycles. The van der Waals surface area contributed by atoms with E-state index in [0.29, 0.717) is 24.2 Å². The summed E-state index contributed by atoms with van der Waals surface area (Å²) in [5.74, 6) is 0.0482. The van der Waals surface area contributed by atoms with Crippen LogP contribution in [0.2, 0.25) is 0 Å². The molecular formula is C15H16F2N4O. The van der Waals surface area contributed by atoms with Crippen molar-refractivity contribution in [2.45, 2.75) is 18.8 Å². The van der Waals surface area contributed by atoms with Crippen LogP contribution in [0.1, 0.15) is 24.5 Å². The van der Waals surface area contributed by atoms with E-state index in [9.17, 15) is 8.78 Å². The van der Waals surface area contributed by atoms with Gasteiger partial charge in [-0.2, -0.15) is 4.98 Å². The van der Waals surface area contributed by atoms with Crippen LogP contribution in [-0.2, 0) is 0 Å². The molecule has 1 saturated carbocycles. The van der Waals surface area contributed by atoms with E-state index in [0.717, 1.165) is 36.7 Å². The number of aliphatic hydroxyl groups excluding tert-OH is 1. The van der Waals surface area contributed by atoms with Gasteiger partial charge in [0, 0.05) is 24.6 Å². The molecule has 116 valence electrons. The number of hydrogen-bond acceptors (Lipinski definition) is 5. The molecule has 22 heavy (non-hydrogen) atoms. The fourth-order valence-electron chi connectivity index (χ4n) is 2.10. The first-order chi connectivity index (χ1) is 10.7. The minimum absolute atomic E-state index is 0.0218. The molecule has 0 spiro atoms. The number of anilines is 3. The predicted molar refractivity (Wildman–Crippen MR) is 79.2 cm³/mol. The lowest BCUT2D eigenvalue weighted by Crippen LogP contribution is -2.11. The third-order valence-corrected chi connectivity index (χ3v) is 3.33. The predicted octanol–water partition coefficient (Wildman–Crippen LogP) is 2.78. The van der Waals surface area contributed by atoms with Crippen molar-refractivity contribution in [2.75, 3.05) is 23.8 Å². The number of nitrogens with one attached hydrogen (secondary N) is 2. The van der Waals surface area contributed by atoms with Crippen LogP contribution in [0.3, 0.4) is 0 Å². The highest BCUT2D eigenvalue weighted by atomic mass is 19.1. The monoisotopic (exact) mass is 306 g/mol. The van der Waals surface area contributed by atoms with Gasteiger partial charge in [0.15, 0.2) is 0 Å². The maximum atomic E-state index is 13.7. The van der Waals surface area contributed by atoms with Crippen molar-refractivity contribution in [1.82, 2.24) is 9.97 Å². The zero-order valence-corrected chi connectivity index (χ0v) is 11.8. The molecule has 1 aliphatic carbocycles. The SMILES string of the molecule is OCCNc1nc(Nc2cc(F)ccc2F)cc(C2CC2)n1. The van der Waals surface area contributed by atoms with E-state index in [1.54, 1.807) is 6.07 Å². The first kappa shape index (κ1) is 14.6. The van der Waals surface area contributed by atoms with E-state index in [1.165, 1.54) is 0 Å². The minimum Gasteiger partial charge on any atom is -0.395 e. The molecule has 0 unspecified atom stereocenters. The third-order valence-electron chi connectivity index (χ3n) is 3.33. The van der Waals surface area contributed by atoms with Crippen molar-refractivity contribution in [3.8, 4) is 0 Å². The lowest BCUT2D eigenvalue weighted by atomic mass is 10.2. The lowest BCUT2D eigenvalue weighted by molar-refractivity contribution is 0.311. The largest absolute Gasteiger partial charge is 0.395 e. The Kier molecular flexibility index (Phi) is 4.15. The number of rotatable bonds is 6. The Hall–Kier alpha value is -2.28. The van der Waals surface area contributed by atoms with Crippen LogP contribution < -0.4 is 10.6 Å². The fourth-order valence-corrected chi connectivity index (χ4v) is 2.10.